The minimum Gasteiger partial charge on any atom is -0.545 e. The summed E-state index contributed by atoms with van der Waals surface area (Å²) in [5, 5.41) is 44.6. The molecule has 20 heterocycles. The van der Waals surface area contributed by atoms with E-state index in [4.69, 9.17) is 19.9 Å². The minimum atomic E-state index is -1.19. The van der Waals surface area contributed by atoms with Gasteiger partial charge < -0.3 is 79.5 Å². The summed E-state index contributed by atoms with van der Waals surface area (Å²) in [6.07, 6.45) is 31.5. The number of carboxylic acid groups (broad SMARTS) is 4. The van der Waals surface area contributed by atoms with Crippen molar-refractivity contribution in [2.45, 2.75) is 0 Å². The molecule has 0 fully saturated rings. The SMILES string of the molecule is O=C([O-])c1ccc(-c2cc3cc4ccc(cc5nc(cc6nc(cc2[nH]3)C=C6)C=C5)[nH]4)cc1.O=C([O-])c1ccc(-c2cc3cc4ccc(cc5nc(cc6nc(cc2[nH]3)C=C6)C=C5)[nH]4)cc1.O=C([O-])c1ccc(-c2cc3cc4ccc(cc5nc(cc6nc(cc2[nH]3)C=C6)C=C5)[nH]4)cc1.O=C([O-])c1ccc(-c2cc3cc4ccc(cc5nc(cc6nc(cc2[nH]3)C=C6)C=C5)[nH]4)cc1.[Na+].[Na+].[Na+].[Na+]. The number of benzene rings is 4. The van der Waals surface area contributed by atoms with E-state index >= 15 is 0 Å². The molecule has 24 nitrogen and oxygen atoms in total. The Bertz CT molecular complexity index is 7560. The van der Waals surface area contributed by atoms with Crippen molar-refractivity contribution in [3.8, 4) is 44.5 Å². The summed E-state index contributed by atoms with van der Waals surface area (Å²) in [6.45, 7) is 0. The summed E-state index contributed by atoms with van der Waals surface area (Å²) in [5.41, 5.74) is 36.3. The van der Waals surface area contributed by atoms with E-state index in [-0.39, 0.29) is 140 Å². The van der Waals surface area contributed by atoms with Crippen molar-refractivity contribution in [1.82, 2.24) is 79.7 Å². The number of nitrogens with one attached hydrogen (secondary N) is 8. The van der Waals surface area contributed by atoms with Gasteiger partial charge in [-0.2, -0.15) is 0 Å². The maximum atomic E-state index is 11.1. The molecule has 0 amide bonds. The van der Waals surface area contributed by atoms with Crippen LogP contribution in [0.1, 0.15) is 133 Å². The van der Waals surface area contributed by atoms with Crippen LogP contribution in [0.3, 0.4) is 0 Å². The number of aromatic amines is 8. The molecule has 0 unspecified atom stereocenters. The Kier molecular flexibility index (Phi) is 27.7. The first kappa shape index (κ1) is 93.0. The van der Waals surface area contributed by atoms with Crippen LogP contribution in [0.25, 0.3) is 230 Å². The standard InChI is InChI=1S/4C27H18N4O2.4Na/c4*32-27(33)17-3-1-16(2-4-17)25-14-24-13-22-8-7-20(29-22)11-18-5-6-19(28-18)12-21-9-10-23(30-21)15-26(25)31-24;;;;/h4*1-15,29,31H,(H,32,33);;;;/q;;;;4*+1/p-4. The fraction of sp³-hybridized carbons (Fsp3) is 0. The van der Waals surface area contributed by atoms with Crippen LogP contribution in [0.15, 0.2) is 267 Å². The smallest absolute Gasteiger partial charge is 0.545 e. The number of aromatic carboxylic acids is 4. The average molecular weight is 1810 g/mol. The number of hydrogen-bond acceptors (Lipinski definition) is 16. The largest absolute Gasteiger partial charge is 1.00 e. The van der Waals surface area contributed by atoms with Gasteiger partial charge in [0.05, 0.1) is 115 Å². The fourth-order valence-corrected chi connectivity index (χ4v) is 16.2. The number of carbonyl (C=O) groups excluding carboxylic acids is 4. The molecule has 8 N–H and O–H groups in total. The number of H-pyrrole nitrogens is 8. The van der Waals surface area contributed by atoms with Gasteiger partial charge in [-0.1, -0.05) is 97.1 Å². The number of carboxylic acids is 4. The topological polar surface area (TPSA) is 390 Å². The fourth-order valence-electron chi connectivity index (χ4n) is 16.2. The summed E-state index contributed by atoms with van der Waals surface area (Å²) in [6, 6.07) is 83.0. The molecule has 32 bridgehead atoms. The molecule has 8 aliphatic rings. The number of nitrogens with zero attached hydrogens (tertiary/aromatic N) is 8. The molecule has 0 aliphatic carbocycles. The Labute approximate surface area is 862 Å². The van der Waals surface area contributed by atoms with Crippen LogP contribution >= 0.6 is 0 Å². The van der Waals surface area contributed by atoms with Crippen molar-refractivity contribution < 1.29 is 158 Å². The van der Waals surface area contributed by atoms with Crippen LogP contribution in [0.5, 0.6) is 0 Å². The number of carbonyl (C=O) groups is 4. The van der Waals surface area contributed by atoms with Crippen molar-refractivity contribution in [3.05, 3.63) is 380 Å². The van der Waals surface area contributed by atoms with Gasteiger partial charge in [0.2, 0.25) is 0 Å². The molecule has 0 saturated heterocycles. The maximum Gasteiger partial charge on any atom is 1.00 e. The second-order valence-electron chi connectivity index (χ2n) is 31.8. The van der Waals surface area contributed by atoms with Gasteiger partial charge in [0.1, 0.15) is 0 Å². The first-order valence-corrected chi connectivity index (χ1v) is 42.0. The van der Waals surface area contributed by atoms with Crippen LogP contribution in [0, 0.1) is 0 Å². The molecule has 0 spiro atoms. The molecule has 632 valence electrons. The molecule has 4 aromatic carbocycles. The van der Waals surface area contributed by atoms with Crippen LogP contribution < -0.4 is 139 Å². The first-order valence-electron chi connectivity index (χ1n) is 42.0. The number of fused-ring (bicyclic) bond motifs is 32. The van der Waals surface area contributed by atoms with Gasteiger partial charge in [-0.15, -0.1) is 0 Å². The zero-order valence-corrected chi connectivity index (χ0v) is 81.5. The minimum absolute atomic E-state index is 0. The molecule has 12 aromatic heterocycles. The first-order chi connectivity index (χ1) is 64.3. The van der Waals surface area contributed by atoms with Gasteiger partial charge in [0.15, 0.2) is 0 Å². The third-order valence-corrected chi connectivity index (χ3v) is 22.4. The predicted molar refractivity (Wildman–Crippen MR) is 514 cm³/mol. The van der Waals surface area contributed by atoms with Crippen molar-refractivity contribution in [2.24, 2.45) is 0 Å². The summed E-state index contributed by atoms with van der Waals surface area (Å²) in [5.74, 6) is -4.76. The summed E-state index contributed by atoms with van der Waals surface area (Å²) in [4.78, 5) is 109. The van der Waals surface area contributed by atoms with E-state index in [0.29, 0.717) is 0 Å². The Morgan fingerprint density at radius 1 is 0.162 bits per heavy atom. The van der Waals surface area contributed by atoms with Crippen molar-refractivity contribution in [1.29, 1.82) is 0 Å². The van der Waals surface area contributed by atoms with E-state index in [2.05, 4.69) is 59.8 Å². The summed E-state index contributed by atoms with van der Waals surface area (Å²) in [7, 11) is 0. The molecule has 8 aliphatic heterocycles. The number of hydrogen-bond donors (Lipinski definition) is 8. The third kappa shape index (κ3) is 21.7. The van der Waals surface area contributed by atoms with Crippen molar-refractivity contribution in [2.75, 3.05) is 0 Å². The molecular formula is C108H68N16Na4O8. The number of aromatic nitrogens is 16. The zero-order chi connectivity index (χ0) is 89.5. The van der Waals surface area contributed by atoms with Crippen molar-refractivity contribution >= 4 is 209 Å². The second-order valence-corrected chi connectivity index (χ2v) is 31.8. The van der Waals surface area contributed by atoms with E-state index < -0.39 is 23.9 Å². The third-order valence-electron chi connectivity index (χ3n) is 22.4. The Hall–Kier alpha value is -14.8. The van der Waals surface area contributed by atoms with Gasteiger partial charge in [-0.3, -0.25) is 0 Å². The zero-order valence-electron chi connectivity index (χ0n) is 73.5. The van der Waals surface area contributed by atoms with Gasteiger partial charge in [-0.25, -0.2) is 39.9 Å². The molecule has 16 aromatic rings. The maximum absolute atomic E-state index is 11.1. The summed E-state index contributed by atoms with van der Waals surface area (Å²) >= 11 is 0. The predicted octanol–water partition coefficient (Wildman–Crippen LogP) is 6.76. The molecule has 0 radical (unpaired) electrons. The van der Waals surface area contributed by atoms with E-state index in [0.717, 1.165) is 224 Å². The molecule has 28 heteroatoms. The van der Waals surface area contributed by atoms with E-state index in [1.165, 1.54) is 0 Å². The monoisotopic (exact) mass is 1810 g/mol. The van der Waals surface area contributed by atoms with Gasteiger partial charge in [0.25, 0.3) is 0 Å². The van der Waals surface area contributed by atoms with Gasteiger partial charge in [0, 0.05) is 111 Å². The molecule has 24 rings (SSSR count). The molecule has 0 saturated carbocycles. The van der Waals surface area contributed by atoms with Crippen LogP contribution in [0.2, 0.25) is 0 Å². The van der Waals surface area contributed by atoms with E-state index in [1.807, 2.05) is 267 Å². The molecule has 0 atom stereocenters. The Morgan fingerprint density at radius 2 is 0.309 bits per heavy atom. The van der Waals surface area contributed by atoms with Gasteiger partial charge in [-0.05, 0) is 312 Å². The number of rotatable bonds is 8. The normalized spacial score (nSPS) is 11.9. The quantitative estimate of drug-likeness (QED) is 0.0728. The van der Waals surface area contributed by atoms with Crippen molar-refractivity contribution in [3.63, 3.8) is 0 Å². The van der Waals surface area contributed by atoms with Gasteiger partial charge >= 0.3 is 118 Å². The van der Waals surface area contributed by atoms with E-state index in [1.54, 1.807) is 97.1 Å². The average Bonchev–Trinajstić information content (AvgIpc) is 1.67. The van der Waals surface area contributed by atoms with E-state index in [9.17, 15) is 39.6 Å². The second kappa shape index (κ2) is 40.5. The molecular weight excluding hydrogens is 1740 g/mol. The Morgan fingerprint density at radius 3 is 0.471 bits per heavy atom. The Balaban J connectivity index is 0.000000125. The van der Waals surface area contributed by atoms with Crippen LogP contribution in [-0.4, -0.2) is 104 Å². The van der Waals surface area contributed by atoms with Crippen LogP contribution in [0.4, 0.5) is 0 Å². The molecule has 136 heavy (non-hydrogen) atoms. The summed E-state index contributed by atoms with van der Waals surface area (Å²) < 4.78 is 0. The van der Waals surface area contributed by atoms with Crippen LogP contribution in [-0.2, 0) is 0 Å².